The number of nitrogens with one attached hydrogen (secondary N) is 2. The fraction of sp³-hybridized carbons (Fsp3) is 0. The summed E-state index contributed by atoms with van der Waals surface area (Å²) >= 11 is 0. The van der Waals surface area contributed by atoms with E-state index in [1.165, 1.54) is 36.4 Å². The standard InChI is InChI=1S/C23H15N7O4/c24-13-18-21(14-4-2-1-3-5-14)26-23(27-22(18)32)25-16-8-11-20(31)19(12-16)29-28-15-6-9-17(10-7-15)30(33)34/h1-12,31H,(H2,25,26,27,32). The predicted octanol–water partition coefficient (Wildman–Crippen LogP) is 5.08. The molecule has 166 valence electrons. The maximum Gasteiger partial charge on any atom is 0.270 e. The molecular weight excluding hydrogens is 438 g/mol. The van der Waals surface area contributed by atoms with Crippen LogP contribution in [0, 0.1) is 21.4 Å². The zero-order valence-corrected chi connectivity index (χ0v) is 17.3. The minimum absolute atomic E-state index is 0.0771. The second kappa shape index (κ2) is 9.41. The first-order valence-electron chi connectivity index (χ1n) is 9.80. The fourth-order valence-electron chi connectivity index (χ4n) is 3.01. The number of aromatic amines is 1. The van der Waals surface area contributed by atoms with Crippen molar-refractivity contribution < 1.29 is 10.0 Å². The van der Waals surface area contributed by atoms with Gasteiger partial charge in [-0.05, 0) is 30.3 Å². The normalized spacial score (nSPS) is 10.7. The van der Waals surface area contributed by atoms with Crippen LogP contribution in [-0.2, 0) is 0 Å². The van der Waals surface area contributed by atoms with Gasteiger partial charge in [0.05, 0.1) is 16.3 Å². The number of nitro groups is 1. The third-order valence-electron chi connectivity index (χ3n) is 4.65. The molecule has 0 unspecified atom stereocenters. The molecule has 0 radical (unpaired) electrons. The van der Waals surface area contributed by atoms with Gasteiger partial charge in [-0.3, -0.25) is 19.9 Å². The summed E-state index contributed by atoms with van der Waals surface area (Å²) in [5.41, 5.74) is 0.948. The lowest BCUT2D eigenvalue weighted by molar-refractivity contribution is -0.384. The lowest BCUT2D eigenvalue weighted by atomic mass is 10.1. The van der Waals surface area contributed by atoms with Gasteiger partial charge in [-0.1, -0.05) is 30.3 Å². The van der Waals surface area contributed by atoms with Gasteiger partial charge < -0.3 is 10.4 Å². The Balaban J connectivity index is 1.62. The highest BCUT2D eigenvalue weighted by Crippen LogP contribution is 2.32. The van der Waals surface area contributed by atoms with E-state index < -0.39 is 10.5 Å². The highest BCUT2D eigenvalue weighted by atomic mass is 16.6. The Kier molecular flexibility index (Phi) is 6.05. The number of nitrogens with zero attached hydrogens (tertiary/aromatic N) is 5. The minimum atomic E-state index is -0.601. The van der Waals surface area contributed by atoms with Crippen LogP contribution in [0.1, 0.15) is 5.56 Å². The van der Waals surface area contributed by atoms with E-state index in [0.29, 0.717) is 16.9 Å². The zero-order valence-electron chi connectivity index (χ0n) is 17.3. The Hall–Kier alpha value is -5.37. The third-order valence-corrected chi connectivity index (χ3v) is 4.65. The summed E-state index contributed by atoms with van der Waals surface area (Å²) in [6.45, 7) is 0. The average Bonchev–Trinajstić information content (AvgIpc) is 2.85. The molecule has 3 aromatic carbocycles. The van der Waals surface area contributed by atoms with Crippen LogP contribution < -0.4 is 10.9 Å². The molecule has 0 amide bonds. The first-order valence-corrected chi connectivity index (χ1v) is 9.80. The molecule has 11 nitrogen and oxygen atoms in total. The van der Waals surface area contributed by atoms with Crippen LogP contribution in [0.3, 0.4) is 0 Å². The second-order valence-electron chi connectivity index (χ2n) is 6.92. The molecule has 4 rings (SSSR count). The van der Waals surface area contributed by atoms with E-state index in [9.17, 15) is 25.3 Å². The number of aromatic nitrogens is 2. The Labute approximate surface area is 191 Å². The van der Waals surface area contributed by atoms with E-state index in [1.54, 1.807) is 30.3 Å². The molecule has 0 aliphatic rings. The van der Waals surface area contributed by atoms with Crippen LogP contribution in [0.5, 0.6) is 5.75 Å². The molecule has 34 heavy (non-hydrogen) atoms. The van der Waals surface area contributed by atoms with Crippen LogP contribution in [0.25, 0.3) is 11.3 Å². The van der Waals surface area contributed by atoms with Gasteiger partial charge in [0.25, 0.3) is 11.2 Å². The average molecular weight is 453 g/mol. The molecule has 1 heterocycles. The maximum atomic E-state index is 12.4. The quantitative estimate of drug-likeness (QED) is 0.158. The van der Waals surface area contributed by atoms with Crippen LogP contribution in [-0.4, -0.2) is 20.0 Å². The summed E-state index contributed by atoms with van der Waals surface area (Å²) in [5.74, 6) is -0.0609. The number of non-ortho nitro benzene ring substituents is 1. The number of H-pyrrole nitrogens is 1. The molecular formula is C23H15N7O4. The lowest BCUT2D eigenvalue weighted by Crippen LogP contribution is -2.16. The van der Waals surface area contributed by atoms with E-state index in [1.807, 2.05) is 12.1 Å². The number of hydrogen-bond acceptors (Lipinski definition) is 9. The molecule has 4 aromatic rings. The second-order valence-corrected chi connectivity index (χ2v) is 6.92. The zero-order chi connectivity index (χ0) is 24.1. The van der Waals surface area contributed by atoms with Crippen molar-refractivity contribution >= 4 is 28.7 Å². The molecule has 11 heteroatoms. The highest BCUT2D eigenvalue weighted by molar-refractivity contribution is 5.69. The van der Waals surface area contributed by atoms with Crippen molar-refractivity contribution in [2.75, 3.05) is 5.32 Å². The predicted molar refractivity (Wildman–Crippen MR) is 124 cm³/mol. The molecule has 0 saturated carbocycles. The van der Waals surface area contributed by atoms with E-state index >= 15 is 0 Å². The van der Waals surface area contributed by atoms with Crippen molar-refractivity contribution in [1.29, 1.82) is 5.26 Å². The highest BCUT2D eigenvalue weighted by Gasteiger charge is 2.14. The van der Waals surface area contributed by atoms with Crippen LogP contribution in [0.2, 0.25) is 0 Å². The molecule has 1 aromatic heterocycles. The number of anilines is 2. The van der Waals surface area contributed by atoms with Crippen molar-refractivity contribution in [3.05, 3.63) is 98.8 Å². The number of phenolic OH excluding ortho intramolecular Hbond substituents is 1. The van der Waals surface area contributed by atoms with E-state index in [-0.39, 0.29) is 34.3 Å². The fourth-order valence-corrected chi connectivity index (χ4v) is 3.01. The Morgan fingerprint density at radius 1 is 1.06 bits per heavy atom. The summed E-state index contributed by atoms with van der Waals surface area (Å²) in [4.78, 5) is 29.6. The molecule has 0 atom stereocenters. The summed E-state index contributed by atoms with van der Waals surface area (Å²) in [6.07, 6.45) is 0. The molecule has 0 bridgehead atoms. The number of hydrogen-bond donors (Lipinski definition) is 3. The summed E-state index contributed by atoms with van der Waals surface area (Å²) in [7, 11) is 0. The maximum absolute atomic E-state index is 12.4. The van der Waals surface area contributed by atoms with Gasteiger partial charge in [0.1, 0.15) is 23.1 Å². The summed E-state index contributed by atoms with van der Waals surface area (Å²) in [6, 6.07) is 20.6. The SMILES string of the molecule is N#Cc1c(-c2ccccc2)nc(Nc2ccc(O)c(N=Nc3ccc([N+](=O)[O-])cc3)c2)[nH]c1=O. The Morgan fingerprint density at radius 2 is 1.79 bits per heavy atom. The van der Waals surface area contributed by atoms with E-state index in [4.69, 9.17) is 0 Å². The molecule has 0 fully saturated rings. The van der Waals surface area contributed by atoms with Gasteiger partial charge >= 0.3 is 0 Å². The van der Waals surface area contributed by atoms with Crippen LogP contribution in [0.15, 0.2) is 87.8 Å². The number of nitro benzene ring substituents is 1. The number of aromatic hydroxyl groups is 1. The van der Waals surface area contributed by atoms with Gasteiger partial charge in [-0.25, -0.2) is 4.98 Å². The monoisotopic (exact) mass is 453 g/mol. The number of phenols is 1. The minimum Gasteiger partial charge on any atom is -0.506 e. The first kappa shape index (κ1) is 21.8. The van der Waals surface area contributed by atoms with Gasteiger partial charge in [0.2, 0.25) is 5.95 Å². The van der Waals surface area contributed by atoms with Crippen molar-refractivity contribution in [2.24, 2.45) is 10.2 Å². The topological polar surface area (TPSA) is 170 Å². The lowest BCUT2D eigenvalue weighted by Gasteiger charge is -2.09. The van der Waals surface area contributed by atoms with Gasteiger partial charge in [-0.2, -0.15) is 10.4 Å². The van der Waals surface area contributed by atoms with Crippen LogP contribution >= 0.6 is 0 Å². The van der Waals surface area contributed by atoms with Crippen molar-refractivity contribution in [1.82, 2.24) is 9.97 Å². The molecule has 3 N–H and O–H groups in total. The van der Waals surface area contributed by atoms with Gasteiger partial charge in [0, 0.05) is 23.4 Å². The van der Waals surface area contributed by atoms with Gasteiger partial charge in [0.15, 0.2) is 0 Å². The number of nitriles is 1. The van der Waals surface area contributed by atoms with Crippen LogP contribution in [0.4, 0.5) is 28.7 Å². The smallest absolute Gasteiger partial charge is 0.270 e. The number of benzene rings is 3. The number of azo groups is 1. The largest absolute Gasteiger partial charge is 0.506 e. The van der Waals surface area contributed by atoms with Gasteiger partial charge in [-0.15, -0.1) is 5.11 Å². The number of rotatable bonds is 6. The van der Waals surface area contributed by atoms with E-state index in [2.05, 4.69) is 25.5 Å². The molecule has 0 aliphatic carbocycles. The van der Waals surface area contributed by atoms with Crippen molar-refractivity contribution in [2.45, 2.75) is 0 Å². The van der Waals surface area contributed by atoms with Crippen molar-refractivity contribution in [3.63, 3.8) is 0 Å². The molecule has 0 saturated heterocycles. The molecule has 0 aliphatic heterocycles. The third kappa shape index (κ3) is 4.76. The molecule has 0 spiro atoms. The summed E-state index contributed by atoms with van der Waals surface area (Å²) in [5, 5.41) is 41.2. The van der Waals surface area contributed by atoms with Crippen molar-refractivity contribution in [3.8, 4) is 23.1 Å². The Morgan fingerprint density at radius 3 is 2.47 bits per heavy atom. The first-order chi connectivity index (χ1) is 16.4. The Bertz CT molecular complexity index is 1490. The van der Waals surface area contributed by atoms with E-state index in [0.717, 1.165) is 0 Å². The summed E-state index contributed by atoms with van der Waals surface area (Å²) < 4.78 is 0.